The van der Waals surface area contributed by atoms with E-state index in [9.17, 15) is 8.78 Å². The highest BCUT2D eigenvalue weighted by Crippen LogP contribution is 2.24. The van der Waals surface area contributed by atoms with E-state index >= 15 is 0 Å². The fourth-order valence-electron chi connectivity index (χ4n) is 1.97. The number of fused-ring (bicyclic) bond motifs is 1. The third-order valence-electron chi connectivity index (χ3n) is 2.92. The summed E-state index contributed by atoms with van der Waals surface area (Å²) in [6.07, 6.45) is 0.602. The summed E-state index contributed by atoms with van der Waals surface area (Å²) < 4.78 is 27.3. The molecule has 108 valence electrons. The van der Waals surface area contributed by atoms with Crippen LogP contribution in [0.5, 0.6) is 0 Å². The van der Waals surface area contributed by atoms with E-state index in [1.807, 2.05) is 6.07 Å². The van der Waals surface area contributed by atoms with Crippen LogP contribution in [0.4, 0.5) is 14.6 Å². The Hall–Kier alpha value is -2.64. The highest BCUT2D eigenvalue weighted by atomic mass is 19.3. The number of nitrogens with zero attached hydrogens (tertiary/aromatic N) is 5. The van der Waals surface area contributed by atoms with Gasteiger partial charge < -0.3 is 5.32 Å². The highest BCUT2D eigenvalue weighted by molar-refractivity contribution is 5.88. The van der Waals surface area contributed by atoms with Gasteiger partial charge >= 0.3 is 0 Å². The fourth-order valence-corrected chi connectivity index (χ4v) is 1.97. The molecule has 0 unspecified atom stereocenters. The summed E-state index contributed by atoms with van der Waals surface area (Å²) in [6.45, 7) is 1.05. The predicted molar refractivity (Wildman–Crippen MR) is 73.0 cm³/mol. The summed E-state index contributed by atoms with van der Waals surface area (Å²) in [5.41, 5.74) is 0.492. The second-order valence-corrected chi connectivity index (χ2v) is 4.34. The Labute approximate surface area is 118 Å². The summed E-state index contributed by atoms with van der Waals surface area (Å²) in [6, 6.07) is 7.05. The molecular weight excluding hydrogens is 278 g/mol. The number of rotatable bonds is 5. The van der Waals surface area contributed by atoms with Gasteiger partial charge in [0.25, 0.3) is 6.43 Å². The fraction of sp³-hybridized carbons (Fsp3) is 0.231. The van der Waals surface area contributed by atoms with E-state index in [0.29, 0.717) is 29.8 Å². The van der Waals surface area contributed by atoms with Crippen molar-refractivity contribution in [1.29, 1.82) is 0 Å². The van der Waals surface area contributed by atoms with Crippen molar-refractivity contribution in [3.05, 3.63) is 42.5 Å². The van der Waals surface area contributed by atoms with Crippen molar-refractivity contribution in [2.45, 2.75) is 13.0 Å². The van der Waals surface area contributed by atoms with Crippen molar-refractivity contribution in [1.82, 2.24) is 25.0 Å². The lowest BCUT2D eigenvalue weighted by Gasteiger charge is -2.10. The Kier molecular flexibility index (Phi) is 3.67. The van der Waals surface area contributed by atoms with Gasteiger partial charge in [-0.3, -0.25) is 4.68 Å². The lowest BCUT2D eigenvalue weighted by Crippen LogP contribution is -2.13. The minimum atomic E-state index is -2.70. The van der Waals surface area contributed by atoms with Crippen molar-refractivity contribution < 1.29 is 8.78 Å². The first-order valence-corrected chi connectivity index (χ1v) is 6.37. The molecule has 0 saturated heterocycles. The molecule has 3 rings (SSSR count). The molecule has 2 heterocycles. The minimum absolute atomic E-state index is 0.399. The lowest BCUT2D eigenvalue weighted by molar-refractivity contribution is 0.141. The molecule has 0 fully saturated rings. The third-order valence-corrected chi connectivity index (χ3v) is 2.92. The van der Waals surface area contributed by atoms with Gasteiger partial charge in [0.1, 0.15) is 5.82 Å². The number of benzene rings is 1. The molecular formula is C13H12F2N6. The summed E-state index contributed by atoms with van der Waals surface area (Å²) >= 11 is 0. The smallest absolute Gasteiger partial charge is 0.297 e. The van der Waals surface area contributed by atoms with Gasteiger partial charge in [0.2, 0.25) is 0 Å². The van der Waals surface area contributed by atoms with Crippen LogP contribution in [0.1, 0.15) is 12.2 Å². The number of anilines is 1. The minimum Gasteiger partial charge on any atom is -0.368 e. The van der Waals surface area contributed by atoms with Crippen LogP contribution in [0.2, 0.25) is 0 Å². The molecule has 1 N–H and O–H groups in total. The van der Waals surface area contributed by atoms with Crippen molar-refractivity contribution in [3.63, 3.8) is 0 Å². The van der Waals surface area contributed by atoms with E-state index in [2.05, 4.69) is 25.6 Å². The molecule has 8 heteroatoms. The Morgan fingerprint density at radius 3 is 2.81 bits per heavy atom. The quantitative estimate of drug-likeness (QED) is 0.780. The maximum Gasteiger partial charge on any atom is 0.297 e. The van der Waals surface area contributed by atoms with Crippen LogP contribution in [-0.2, 0) is 6.54 Å². The van der Waals surface area contributed by atoms with Crippen molar-refractivity contribution >= 4 is 16.7 Å². The van der Waals surface area contributed by atoms with Crippen LogP contribution in [0.15, 0.2) is 36.7 Å². The zero-order chi connectivity index (χ0) is 14.7. The number of hydrogen-bond donors (Lipinski definition) is 1. The molecule has 0 aliphatic carbocycles. The molecule has 0 amide bonds. The van der Waals surface area contributed by atoms with E-state index in [0.717, 1.165) is 0 Å². The maximum absolute atomic E-state index is 12.8. The van der Waals surface area contributed by atoms with Gasteiger partial charge in [0, 0.05) is 18.1 Å². The van der Waals surface area contributed by atoms with Crippen LogP contribution < -0.4 is 5.32 Å². The summed E-state index contributed by atoms with van der Waals surface area (Å²) in [4.78, 5) is 7.77. The van der Waals surface area contributed by atoms with E-state index in [4.69, 9.17) is 0 Å². The van der Waals surface area contributed by atoms with Crippen molar-refractivity contribution in [3.8, 4) is 0 Å². The number of alkyl halides is 2. The van der Waals surface area contributed by atoms with E-state index in [-0.39, 0.29) is 0 Å². The van der Waals surface area contributed by atoms with Crippen LogP contribution >= 0.6 is 0 Å². The highest BCUT2D eigenvalue weighted by Gasteiger charge is 2.14. The third kappa shape index (κ3) is 2.93. The van der Waals surface area contributed by atoms with E-state index in [1.165, 1.54) is 0 Å². The number of hydrogen-bond acceptors (Lipinski definition) is 5. The molecule has 0 spiro atoms. The SMILES string of the molecule is FC(F)c1nc(NCCn2ccnn2)c2ccccc2n1. The van der Waals surface area contributed by atoms with Gasteiger partial charge in [-0.2, -0.15) is 0 Å². The molecule has 0 bridgehead atoms. The first-order chi connectivity index (χ1) is 10.2. The van der Waals surface area contributed by atoms with Crippen LogP contribution in [0.3, 0.4) is 0 Å². The first kappa shape index (κ1) is 13.3. The normalized spacial score (nSPS) is 11.2. The standard InChI is InChI=1S/C13H12F2N6/c14-11(15)13-18-10-4-2-1-3-9(10)12(19-13)16-5-7-21-8-6-17-20-21/h1-4,6,8,11H,5,7H2,(H,16,18,19). The summed E-state index contributed by atoms with van der Waals surface area (Å²) in [5, 5.41) is 11.3. The van der Waals surface area contributed by atoms with Gasteiger partial charge in [-0.15, -0.1) is 5.10 Å². The molecule has 21 heavy (non-hydrogen) atoms. The number of halogens is 2. The molecule has 0 atom stereocenters. The van der Waals surface area contributed by atoms with Crippen molar-refractivity contribution in [2.75, 3.05) is 11.9 Å². The second-order valence-electron chi connectivity index (χ2n) is 4.34. The van der Waals surface area contributed by atoms with Gasteiger partial charge in [-0.25, -0.2) is 18.7 Å². The predicted octanol–water partition coefficient (Wildman–Crippen LogP) is 2.27. The Balaban J connectivity index is 1.85. The van der Waals surface area contributed by atoms with Gasteiger partial charge in [-0.1, -0.05) is 17.3 Å². The maximum atomic E-state index is 12.8. The molecule has 0 radical (unpaired) electrons. The Morgan fingerprint density at radius 2 is 2.05 bits per heavy atom. The van der Waals surface area contributed by atoms with E-state index in [1.54, 1.807) is 35.3 Å². The van der Waals surface area contributed by atoms with Gasteiger partial charge in [-0.05, 0) is 12.1 Å². The van der Waals surface area contributed by atoms with Crippen LogP contribution in [0, 0.1) is 0 Å². The Morgan fingerprint density at radius 1 is 1.19 bits per heavy atom. The molecule has 6 nitrogen and oxygen atoms in total. The topological polar surface area (TPSA) is 68.5 Å². The molecule has 1 aromatic carbocycles. The first-order valence-electron chi connectivity index (χ1n) is 6.37. The van der Waals surface area contributed by atoms with Crippen LogP contribution in [-0.4, -0.2) is 31.5 Å². The van der Waals surface area contributed by atoms with E-state index < -0.39 is 12.2 Å². The average molecular weight is 290 g/mol. The number of para-hydroxylation sites is 1. The number of aromatic nitrogens is 5. The monoisotopic (exact) mass is 290 g/mol. The molecule has 3 aromatic rings. The summed E-state index contributed by atoms with van der Waals surface area (Å²) in [5.74, 6) is -0.0760. The molecule has 2 aromatic heterocycles. The summed E-state index contributed by atoms with van der Waals surface area (Å²) in [7, 11) is 0. The molecule has 0 aliphatic heterocycles. The Bertz CT molecular complexity index is 729. The zero-order valence-electron chi connectivity index (χ0n) is 10.9. The zero-order valence-corrected chi connectivity index (χ0v) is 10.9. The van der Waals surface area contributed by atoms with Crippen LogP contribution in [0.25, 0.3) is 10.9 Å². The second kappa shape index (κ2) is 5.78. The molecule has 0 saturated carbocycles. The van der Waals surface area contributed by atoms with Crippen molar-refractivity contribution in [2.24, 2.45) is 0 Å². The van der Waals surface area contributed by atoms with Gasteiger partial charge in [0.05, 0.1) is 18.3 Å². The number of nitrogens with one attached hydrogen (secondary N) is 1. The largest absolute Gasteiger partial charge is 0.368 e. The molecule has 0 aliphatic rings. The lowest BCUT2D eigenvalue weighted by atomic mass is 10.2. The average Bonchev–Trinajstić information content (AvgIpc) is 3.00. The van der Waals surface area contributed by atoms with Gasteiger partial charge in [0.15, 0.2) is 5.82 Å².